The van der Waals surface area contributed by atoms with Crippen molar-refractivity contribution in [2.75, 3.05) is 12.4 Å². The van der Waals surface area contributed by atoms with Crippen molar-refractivity contribution in [3.63, 3.8) is 0 Å². The molecule has 1 amide bonds. The lowest BCUT2D eigenvalue weighted by Gasteiger charge is -2.30. The van der Waals surface area contributed by atoms with E-state index in [4.69, 9.17) is 4.74 Å². The van der Waals surface area contributed by atoms with Gasteiger partial charge in [0.05, 0.1) is 12.7 Å². The fourth-order valence-electron chi connectivity index (χ4n) is 4.10. The Hall–Kier alpha value is -2.56. The Labute approximate surface area is 174 Å². The Bertz CT molecular complexity index is 814. The summed E-state index contributed by atoms with van der Waals surface area (Å²) in [6.45, 7) is 10.0. The highest BCUT2D eigenvalue weighted by Gasteiger charge is 2.35. The Morgan fingerprint density at radius 3 is 2.14 bits per heavy atom. The Balaban J connectivity index is 2.46. The lowest BCUT2D eigenvalue weighted by atomic mass is 9.81. The van der Waals surface area contributed by atoms with Crippen LogP contribution in [0.15, 0.2) is 40.7 Å². The van der Waals surface area contributed by atoms with Crippen LogP contribution in [0.1, 0.15) is 65.0 Å². The third kappa shape index (κ3) is 4.89. The van der Waals surface area contributed by atoms with Crippen LogP contribution in [0.3, 0.4) is 0 Å². The van der Waals surface area contributed by atoms with Crippen molar-refractivity contribution in [1.29, 1.82) is 0 Å². The second-order valence-corrected chi connectivity index (χ2v) is 7.50. The van der Waals surface area contributed by atoms with E-state index in [9.17, 15) is 9.59 Å². The summed E-state index contributed by atoms with van der Waals surface area (Å²) < 4.78 is 5.03. The van der Waals surface area contributed by atoms with E-state index in [-0.39, 0.29) is 17.8 Å². The molecule has 0 fully saturated rings. The van der Waals surface area contributed by atoms with Crippen LogP contribution >= 0.6 is 0 Å². The van der Waals surface area contributed by atoms with Crippen LogP contribution in [0.4, 0.5) is 5.69 Å². The number of aryl methyl sites for hydroxylation is 2. The Morgan fingerprint density at radius 2 is 1.62 bits per heavy atom. The number of para-hydroxylation sites is 1. The molecule has 1 aromatic rings. The van der Waals surface area contributed by atoms with Gasteiger partial charge in [-0.2, -0.15) is 0 Å². The molecular weight excluding hydrogens is 364 g/mol. The van der Waals surface area contributed by atoms with Crippen molar-refractivity contribution in [3.05, 3.63) is 51.9 Å². The normalized spacial score (nSPS) is 16.6. The number of allylic oxidation sites excluding steroid dienone is 2. The summed E-state index contributed by atoms with van der Waals surface area (Å²) in [5.74, 6) is -0.805. The minimum atomic E-state index is -0.378. The van der Waals surface area contributed by atoms with E-state index < -0.39 is 0 Å². The van der Waals surface area contributed by atoms with Gasteiger partial charge in [-0.15, -0.1) is 0 Å². The number of hydrogen-bond acceptors (Lipinski definition) is 4. The summed E-state index contributed by atoms with van der Waals surface area (Å²) >= 11 is 0. The van der Waals surface area contributed by atoms with Crippen LogP contribution in [-0.2, 0) is 27.2 Å². The smallest absolute Gasteiger partial charge is 0.336 e. The first-order valence-corrected chi connectivity index (χ1v) is 10.6. The first-order valence-electron chi connectivity index (χ1n) is 10.6. The van der Waals surface area contributed by atoms with Gasteiger partial charge in [0.15, 0.2) is 0 Å². The van der Waals surface area contributed by atoms with Crippen molar-refractivity contribution in [1.82, 2.24) is 5.32 Å². The molecule has 0 spiro atoms. The van der Waals surface area contributed by atoms with Gasteiger partial charge in [0.2, 0.25) is 0 Å². The fraction of sp³-hybridized carbons (Fsp3) is 0.500. The van der Waals surface area contributed by atoms with Crippen molar-refractivity contribution >= 4 is 17.6 Å². The fourth-order valence-corrected chi connectivity index (χ4v) is 4.10. The van der Waals surface area contributed by atoms with Crippen molar-refractivity contribution < 1.29 is 14.3 Å². The lowest BCUT2D eigenvalue weighted by molar-refractivity contribution is -0.136. The van der Waals surface area contributed by atoms with Gasteiger partial charge >= 0.3 is 5.97 Å². The molecular formula is C24H34N2O3. The molecule has 2 N–H and O–H groups in total. The third-order valence-corrected chi connectivity index (χ3v) is 5.61. The number of methoxy groups -OCH3 is 1. The van der Waals surface area contributed by atoms with E-state index in [2.05, 4.69) is 31.4 Å². The number of anilines is 1. The molecule has 0 saturated heterocycles. The number of nitrogens with one attached hydrogen (secondary N) is 2. The van der Waals surface area contributed by atoms with Gasteiger partial charge in [0.1, 0.15) is 0 Å². The lowest BCUT2D eigenvalue weighted by Crippen LogP contribution is -2.35. The summed E-state index contributed by atoms with van der Waals surface area (Å²) in [5, 5.41) is 6.39. The molecule has 158 valence electrons. The maximum absolute atomic E-state index is 13.5. The van der Waals surface area contributed by atoms with E-state index in [1.165, 1.54) is 7.11 Å². The highest BCUT2D eigenvalue weighted by atomic mass is 16.5. The number of ether oxygens (including phenoxy) is 1. The molecule has 5 heteroatoms. The quantitative estimate of drug-likeness (QED) is 0.613. The van der Waals surface area contributed by atoms with Crippen molar-refractivity contribution in [2.45, 2.75) is 66.7 Å². The number of rotatable bonds is 8. The van der Waals surface area contributed by atoms with Gasteiger partial charge in [0.25, 0.3) is 5.91 Å². The predicted molar refractivity (Wildman–Crippen MR) is 117 cm³/mol. The van der Waals surface area contributed by atoms with Gasteiger partial charge in [-0.05, 0) is 44.2 Å². The highest BCUT2D eigenvalue weighted by molar-refractivity contribution is 6.07. The van der Waals surface area contributed by atoms with Crippen molar-refractivity contribution in [2.24, 2.45) is 5.92 Å². The average Bonchev–Trinajstić information content (AvgIpc) is 2.71. The van der Waals surface area contributed by atoms with Crippen LogP contribution in [0.2, 0.25) is 0 Å². The molecule has 0 aromatic heterocycles. The predicted octanol–water partition coefficient (Wildman–Crippen LogP) is 4.88. The van der Waals surface area contributed by atoms with E-state index in [1.807, 2.05) is 32.0 Å². The molecule has 1 aliphatic rings. The summed E-state index contributed by atoms with van der Waals surface area (Å²) in [6, 6.07) is 6.13. The minimum Gasteiger partial charge on any atom is -0.466 e. The maximum Gasteiger partial charge on any atom is 0.336 e. The van der Waals surface area contributed by atoms with E-state index in [0.717, 1.165) is 60.3 Å². The van der Waals surface area contributed by atoms with Crippen molar-refractivity contribution in [3.8, 4) is 0 Å². The Kier molecular flexibility index (Phi) is 8.06. The summed E-state index contributed by atoms with van der Waals surface area (Å²) in [6.07, 6.45) is 4.32. The number of benzene rings is 1. The number of hydrogen-bond donors (Lipinski definition) is 2. The molecule has 1 heterocycles. The molecule has 0 aliphatic carbocycles. The molecule has 1 aliphatic heterocycles. The topological polar surface area (TPSA) is 67.4 Å². The first-order chi connectivity index (χ1) is 13.9. The number of dihydropyridines is 1. The summed E-state index contributed by atoms with van der Waals surface area (Å²) in [5.41, 5.74) is 5.85. The number of amides is 1. The Morgan fingerprint density at radius 1 is 1.03 bits per heavy atom. The van der Waals surface area contributed by atoms with Crippen LogP contribution < -0.4 is 10.6 Å². The number of carbonyl (C=O) groups is 2. The largest absolute Gasteiger partial charge is 0.466 e. The summed E-state index contributed by atoms with van der Waals surface area (Å²) in [7, 11) is 1.38. The molecule has 0 unspecified atom stereocenters. The monoisotopic (exact) mass is 398 g/mol. The van der Waals surface area contributed by atoms with E-state index in [0.29, 0.717) is 11.1 Å². The molecule has 29 heavy (non-hydrogen) atoms. The van der Waals surface area contributed by atoms with Crippen LogP contribution in [0, 0.1) is 5.92 Å². The van der Waals surface area contributed by atoms with Gasteiger partial charge in [-0.1, -0.05) is 51.8 Å². The number of unbranched alkanes of at least 4 members (excludes halogenated alkanes) is 1. The summed E-state index contributed by atoms with van der Waals surface area (Å²) in [4.78, 5) is 26.0. The SMILES string of the molecule is CCCC[C@H]1C(C(=O)Nc2c(CC)cccc2CC)=C(C)NC(C)=C1C(=O)OC. The molecule has 2 rings (SSSR count). The van der Waals surface area contributed by atoms with Crippen LogP contribution in [0.5, 0.6) is 0 Å². The van der Waals surface area contributed by atoms with Gasteiger partial charge in [0, 0.05) is 28.6 Å². The molecule has 1 atom stereocenters. The van der Waals surface area contributed by atoms with Crippen LogP contribution in [-0.4, -0.2) is 19.0 Å². The molecule has 0 bridgehead atoms. The molecule has 0 saturated carbocycles. The van der Waals surface area contributed by atoms with Gasteiger partial charge < -0.3 is 15.4 Å². The molecule has 0 radical (unpaired) electrons. The first kappa shape index (κ1) is 22.7. The standard InChI is InChI=1S/C24H34N2O3/c1-7-10-14-19-20(15(4)25-16(5)21(19)24(28)29-6)23(27)26-22-17(8-2)12-11-13-18(22)9-3/h11-13,19,25H,7-10,14H2,1-6H3,(H,26,27)/t19-/m0/s1. The van der Waals surface area contributed by atoms with E-state index >= 15 is 0 Å². The zero-order chi connectivity index (χ0) is 21.6. The van der Waals surface area contributed by atoms with Gasteiger partial charge in [-0.3, -0.25) is 4.79 Å². The minimum absolute atomic E-state index is 0.152. The second-order valence-electron chi connectivity index (χ2n) is 7.50. The van der Waals surface area contributed by atoms with Crippen LogP contribution in [0.25, 0.3) is 0 Å². The zero-order valence-corrected chi connectivity index (χ0v) is 18.6. The maximum atomic E-state index is 13.5. The number of carbonyl (C=O) groups excluding carboxylic acids is 2. The average molecular weight is 399 g/mol. The third-order valence-electron chi connectivity index (χ3n) is 5.61. The molecule has 5 nitrogen and oxygen atoms in total. The number of esters is 1. The zero-order valence-electron chi connectivity index (χ0n) is 18.6. The molecule has 1 aromatic carbocycles. The highest BCUT2D eigenvalue weighted by Crippen LogP contribution is 2.35. The second kappa shape index (κ2) is 10.3. The van der Waals surface area contributed by atoms with Gasteiger partial charge in [-0.25, -0.2) is 4.79 Å². The van der Waals surface area contributed by atoms with E-state index in [1.54, 1.807) is 0 Å².